The van der Waals surface area contributed by atoms with Gasteiger partial charge in [0, 0.05) is 39.1 Å². The molecule has 170 valence electrons. The van der Waals surface area contributed by atoms with Crippen molar-refractivity contribution >= 4 is 6.03 Å². The number of carbonyl (C=O) groups excluding carboxylic acids is 1. The van der Waals surface area contributed by atoms with Crippen LogP contribution in [0.5, 0.6) is 0 Å². The van der Waals surface area contributed by atoms with Crippen molar-refractivity contribution < 1.29 is 33.6 Å². The third-order valence-corrected chi connectivity index (χ3v) is 5.81. The Balaban J connectivity index is 0.00000171. The van der Waals surface area contributed by atoms with E-state index in [4.69, 9.17) is 9.47 Å². The molecule has 1 aromatic carbocycles. The molecule has 3 saturated heterocycles. The number of carbonyl (C=O) groups is 1. The molecule has 0 spiro atoms. The van der Waals surface area contributed by atoms with Gasteiger partial charge in [-0.05, 0) is 12.5 Å². The van der Waals surface area contributed by atoms with E-state index in [0.717, 1.165) is 26.0 Å². The first-order valence-electron chi connectivity index (χ1n) is 9.98. The van der Waals surface area contributed by atoms with E-state index in [1.54, 1.807) is 4.90 Å². The topological polar surface area (TPSA) is 54.0 Å². The van der Waals surface area contributed by atoms with Crippen molar-refractivity contribution in [3.05, 3.63) is 35.1 Å². The number of hydrogen-bond donors (Lipinski definition) is 1. The predicted molar refractivity (Wildman–Crippen MR) is 104 cm³/mol. The SMILES string of the molecule is CC(F)(F)c1ccc(COC2CN(C(=O)N3CC[C@H]4OCCN[C@@H]4C3)C2)c(F)c1.F.[HH]. The Morgan fingerprint density at radius 1 is 1.33 bits per heavy atom. The second-order valence-corrected chi connectivity index (χ2v) is 8.02. The molecule has 10 heteroatoms. The van der Waals surface area contributed by atoms with E-state index in [1.807, 2.05) is 4.90 Å². The number of alkyl halides is 2. The lowest BCUT2D eigenvalue weighted by Crippen LogP contribution is -2.64. The minimum atomic E-state index is -3.08. The molecular formula is C20H29F4N3O3. The van der Waals surface area contributed by atoms with Gasteiger partial charge in [-0.1, -0.05) is 12.1 Å². The minimum absolute atomic E-state index is 0. The van der Waals surface area contributed by atoms with E-state index in [2.05, 4.69) is 5.32 Å². The first-order chi connectivity index (χ1) is 13.8. The maximum Gasteiger partial charge on any atom is 0.320 e. The van der Waals surface area contributed by atoms with Crippen molar-refractivity contribution in [1.82, 2.24) is 15.1 Å². The summed E-state index contributed by atoms with van der Waals surface area (Å²) in [4.78, 5) is 16.2. The zero-order valence-corrected chi connectivity index (χ0v) is 16.8. The number of halogens is 4. The van der Waals surface area contributed by atoms with E-state index >= 15 is 0 Å². The van der Waals surface area contributed by atoms with E-state index in [-0.39, 0.29) is 48.1 Å². The molecule has 3 aliphatic rings. The molecule has 3 aliphatic heterocycles. The van der Waals surface area contributed by atoms with E-state index in [0.29, 0.717) is 32.8 Å². The Bertz CT molecular complexity index is 762. The molecular weight excluding hydrogens is 406 g/mol. The summed E-state index contributed by atoms with van der Waals surface area (Å²) in [6.07, 6.45) is 0.817. The predicted octanol–water partition coefficient (Wildman–Crippen LogP) is 2.72. The largest absolute Gasteiger partial charge is 0.375 e. The number of fused-ring (bicyclic) bond motifs is 1. The van der Waals surface area contributed by atoms with Gasteiger partial charge in [0.15, 0.2) is 0 Å². The lowest BCUT2D eigenvalue weighted by Gasteiger charge is -2.46. The van der Waals surface area contributed by atoms with Crippen LogP contribution < -0.4 is 5.32 Å². The zero-order chi connectivity index (χ0) is 20.6. The van der Waals surface area contributed by atoms with Crippen molar-refractivity contribution in [2.24, 2.45) is 0 Å². The van der Waals surface area contributed by atoms with Crippen LogP contribution >= 0.6 is 0 Å². The fourth-order valence-corrected chi connectivity index (χ4v) is 4.00. The fraction of sp³-hybridized carbons (Fsp3) is 0.650. The molecule has 0 unspecified atom stereocenters. The van der Waals surface area contributed by atoms with Gasteiger partial charge in [-0.2, -0.15) is 0 Å². The molecule has 4 rings (SSSR count). The van der Waals surface area contributed by atoms with Crippen LogP contribution in [0.2, 0.25) is 0 Å². The molecule has 0 aromatic heterocycles. The average Bonchev–Trinajstić information content (AvgIpc) is 2.66. The van der Waals surface area contributed by atoms with E-state index < -0.39 is 11.7 Å². The fourth-order valence-electron chi connectivity index (χ4n) is 4.00. The molecule has 0 bridgehead atoms. The van der Waals surface area contributed by atoms with Crippen molar-refractivity contribution in [3.8, 4) is 0 Å². The van der Waals surface area contributed by atoms with Crippen molar-refractivity contribution in [3.63, 3.8) is 0 Å². The van der Waals surface area contributed by atoms with Crippen molar-refractivity contribution in [2.75, 3.05) is 39.3 Å². The second-order valence-electron chi connectivity index (χ2n) is 8.02. The molecule has 3 heterocycles. The van der Waals surface area contributed by atoms with Crippen LogP contribution in [0.4, 0.5) is 22.7 Å². The Hall–Kier alpha value is -1.91. The lowest BCUT2D eigenvalue weighted by atomic mass is 10.0. The van der Waals surface area contributed by atoms with Crippen LogP contribution in [0.25, 0.3) is 0 Å². The van der Waals surface area contributed by atoms with Gasteiger partial charge >= 0.3 is 6.03 Å². The number of morpholine rings is 1. The Morgan fingerprint density at radius 2 is 2.10 bits per heavy atom. The molecule has 1 N–H and O–H groups in total. The monoisotopic (exact) mass is 435 g/mol. The first kappa shape index (κ1) is 22.8. The van der Waals surface area contributed by atoms with E-state index in [1.165, 1.54) is 12.1 Å². The lowest BCUT2D eigenvalue weighted by molar-refractivity contribution is -0.0617. The van der Waals surface area contributed by atoms with Crippen LogP contribution in [0.15, 0.2) is 18.2 Å². The number of rotatable bonds is 4. The normalized spacial score (nSPS) is 24.7. The first-order valence-corrected chi connectivity index (χ1v) is 9.98. The summed E-state index contributed by atoms with van der Waals surface area (Å²) in [5.74, 6) is -3.79. The number of hydrogen-bond acceptors (Lipinski definition) is 4. The average molecular weight is 435 g/mol. The number of urea groups is 1. The summed E-state index contributed by atoms with van der Waals surface area (Å²) in [6.45, 7) is 4.43. The number of ether oxygens (including phenoxy) is 2. The number of benzene rings is 1. The molecule has 6 nitrogen and oxygen atoms in total. The van der Waals surface area contributed by atoms with Crippen LogP contribution in [0.3, 0.4) is 0 Å². The smallest absolute Gasteiger partial charge is 0.320 e. The molecule has 0 saturated carbocycles. The second kappa shape index (κ2) is 9.07. The van der Waals surface area contributed by atoms with Gasteiger partial charge in [-0.25, -0.2) is 18.0 Å². The van der Waals surface area contributed by atoms with Crippen LogP contribution in [0.1, 0.15) is 25.9 Å². The van der Waals surface area contributed by atoms with Gasteiger partial charge in [0.1, 0.15) is 5.82 Å². The molecule has 3 fully saturated rings. The highest BCUT2D eigenvalue weighted by Gasteiger charge is 2.39. The third-order valence-electron chi connectivity index (χ3n) is 5.81. The number of piperidine rings is 1. The Kier molecular flexibility index (Phi) is 6.88. The van der Waals surface area contributed by atoms with Gasteiger partial charge in [0.2, 0.25) is 0 Å². The molecule has 0 aliphatic carbocycles. The number of amides is 2. The highest BCUT2D eigenvalue weighted by atomic mass is 19.3. The maximum absolute atomic E-state index is 14.0. The molecule has 2 atom stereocenters. The Labute approximate surface area is 174 Å². The molecule has 1 aromatic rings. The highest BCUT2D eigenvalue weighted by molar-refractivity contribution is 5.75. The molecule has 0 radical (unpaired) electrons. The summed E-state index contributed by atoms with van der Waals surface area (Å²) in [6, 6.07) is 3.55. The quantitative estimate of drug-likeness (QED) is 0.739. The maximum atomic E-state index is 14.0. The third kappa shape index (κ3) is 4.87. The van der Waals surface area contributed by atoms with Gasteiger partial charge < -0.3 is 24.6 Å². The number of likely N-dealkylation sites (tertiary alicyclic amines) is 2. The van der Waals surface area contributed by atoms with Crippen LogP contribution in [0, 0.1) is 5.82 Å². The van der Waals surface area contributed by atoms with Gasteiger partial charge in [-0.3, -0.25) is 4.70 Å². The standard InChI is InChI=1S/C20H26F3N3O3.FH.H2/c1-20(22,23)14-3-2-13(16(21)8-14)12-29-15-9-26(10-15)19(27)25-6-4-18-17(11-25)24-5-7-28-18;;/h2-3,8,15,17-18,24H,4-7,9-12H2,1H3;2*1H/t17-,18-;;/m1../s1. The molecule has 2 amide bonds. The summed E-state index contributed by atoms with van der Waals surface area (Å²) >= 11 is 0. The summed E-state index contributed by atoms with van der Waals surface area (Å²) < 4.78 is 51.9. The molecule has 30 heavy (non-hydrogen) atoms. The van der Waals surface area contributed by atoms with Gasteiger partial charge in [0.05, 0.1) is 44.6 Å². The van der Waals surface area contributed by atoms with E-state index in [9.17, 15) is 18.0 Å². The van der Waals surface area contributed by atoms with Crippen LogP contribution in [-0.4, -0.2) is 73.4 Å². The van der Waals surface area contributed by atoms with Crippen LogP contribution in [-0.2, 0) is 22.0 Å². The summed E-state index contributed by atoms with van der Waals surface area (Å²) in [7, 11) is 0. The zero-order valence-electron chi connectivity index (χ0n) is 16.8. The summed E-state index contributed by atoms with van der Waals surface area (Å²) in [5, 5.41) is 3.40. The van der Waals surface area contributed by atoms with Crippen molar-refractivity contribution in [2.45, 2.75) is 44.1 Å². The van der Waals surface area contributed by atoms with Crippen molar-refractivity contribution in [1.29, 1.82) is 0 Å². The number of nitrogens with one attached hydrogen (secondary N) is 1. The highest BCUT2D eigenvalue weighted by Crippen LogP contribution is 2.28. The Morgan fingerprint density at radius 3 is 2.80 bits per heavy atom. The van der Waals surface area contributed by atoms with Gasteiger partial charge in [0.25, 0.3) is 5.92 Å². The minimum Gasteiger partial charge on any atom is -0.375 e. The summed E-state index contributed by atoms with van der Waals surface area (Å²) in [5.41, 5.74) is -0.131. The van der Waals surface area contributed by atoms with Gasteiger partial charge in [-0.15, -0.1) is 0 Å². The number of nitrogens with zero attached hydrogens (tertiary/aromatic N) is 2.